The molecule has 0 atom stereocenters. The molecule has 0 saturated carbocycles. The minimum Gasteiger partial charge on any atom is -0.497 e. The van der Waals surface area contributed by atoms with E-state index in [9.17, 15) is 8.42 Å². The number of ether oxygens (including phenoxy) is 2. The first-order chi connectivity index (χ1) is 19.0. The lowest BCUT2D eigenvalue weighted by Gasteiger charge is -2.43. The van der Waals surface area contributed by atoms with Crippen LogP contribution in [0.2, 0.25) is 5.04 Å². The van der Waals surface area contributed by atoms with Crippen molar-refractivity contribution in [2.24, 2.45) is 0 Å². The molecule has 0 unspecified atom stereocenters. The van der Waals surface area contributed by atoms with E-state index in [0.717, 1.165) is 17.6 Å². The number of nitrogens with zero attached hydrogens (tertiary/aromatic N) is 2. The summed E-state index contributed by atoms with van der Waals surface area (Å²) in [5.74, 6) is 0.976. The van der Waals surface area contributed by atoms with E-state index in [1.54, 1.807) is 7.11 Å². The predicted molar refractivity (Wildman–Crippen MR) is 160 cm³/mol. The normalized spacial score (nSPS) is 12.2. The zero-order chi connectivity index (χ0) is 28.8. The summed E-state index contributed by atoms with van der Waals surface area (Å²) < 4.78 is 42.7. The van der Waals surface area contributed by atoms with Crippen LogP contribution in [0, 0.1) is 0 Å². The fourth-order valence-electron chi connectivity index (χ4n) is 4.80. The molecule has 0 aliphatic rings. The number of methoxy groups -OCH3 is 1. The van der Waals surface area contributed by atoms with E-state index in [-0.39, 0.29) is 22.7 Å². The van der Waals surface area contributed by atoms with E-state index in [1.165, 1.54) is 16.6 Å². The maximum Gasteiger partial charge on any atom is 0.261 e. The molecule has 0 aliphatic carbocycles. The number of sulfone groups is 1. The van der Waals surface area contributed by atoms with Gasteiger partial charge in [0.1, 0.15) is 12.4 Å². The van der Waals surface area contributed by atoms with Crippen LogP contribution >= 0.6 is 0 Å². The Morgan fingerprint density at radius 2 is 1.43 bits per heavy atom. The summed E-state index contributed by atoms with van der Waals surface area (Å²) in [5.41, 5.74) is 1.58. The van der Waals surface area contributed by atoms with Crippen LogP contribution in [-0.4, -0.2) is 46.7 Å². The standard InChI is InChI=1S/C31H36N2O5SSi/c1-31(2,3)40(27-12-8-6-9-13-27,28-14-10-7-11-15-28)38-21-20-25-22-32-30(39(5,34)35)33-29(25)37-23-24-16-18-26(36-4)19-17-24/h6-19,22H,20-21,23H2,1-5H3. The Hall–Kier alpha value is -3.53. The smallest absolute Gasteiger partial charge is 0.261 e. The lowest BCUT2D eigenvalue weighted by atomic mass is 10.2. The highest BCUT2D eigenvalue weighted by Crippen LogP contribution is 2.37. The predicted octanol–water partition coefficient (Wildman–Crippen LogP) is 4.59. The molecule has 4 rings (SSSR count). The van der Waals surface area contributed by atoms with Gasteiger partial charge in [0.25, 0.3) is 8.32 Å². The summed E-state index contributed by atoms with van der Waals surface area (Å²) in [6, 6.07) is 28.3. The largest absolute Gasteiger partial charge is 0.497 e. The lowest BCUT2D eigenvalue weighted by molar-refractivity contribution is 0.275. The fraction of sp³-hybridized carbons (Fsp3) is 0.290. The average Bonchev–Trinajstić information content (AvgIpc) is 2.94. The summed E-state index contributed by atoms with van der Waals surface area (Å²) in [6.45, 7) is 7.28. The van der Waals surface area contributed by atoms with Crippen molar-refractivity contribution in [2.45, 2.75) is 44.0 Å². The Bertz CT molecular complexity index is 1470. The number of hydrogen-bond acceptors (Lipinski definition) is 7. The summed E-state index contributed by atoms with van der Waals surface area (Å²) in [4.78, 5) is 8.41. The number of benzene rings is 3. The fourth-order valence-corrected chi connectivity index (χ4v) is 9.86. The molecule has 0 aliphatic heterocycles. The molecule has 0 amide bonds. The van der Waals surface area contributed by atoms with Crippen molar-refractivity contribution in [1.29, 1.82) is 0 Å². The molecule has 0 saturated heterocycles. The minimum atomic E-state index is -3.61. The SMILES string of the molecule is COc1ccc(COc2nc(S(C)(=O)=O)ncc2CCO[Si](c2ccccc2)(c2ccccc2)C(C)(C)C)cc1. The number of hydrogen-bond donors (Lipinski definition) is 0. The molecule has 0 radical (unpaired) electrons. The summed E-state index contributed by atoms with van der Waals surface area (Å²) in [5, 5.41) is 1.94. The zero-order valence-corrected chi connectivity index (χ0v) is 25.4. The van der Waals surface area contributed by atoms with Gasteiger partial charge in [-0.05, 0) is 33.1 Å². The lowest BCUT2D eigenvalue weighted by Crippen LogP contribution is -2.66. The molecule has 1 heterocycles. The third kappa shape index (κ3) is 6.60. The Morgan fingerprint density at radius 1 is 0.850 bits per heavy atom. The van der Waals surface area contributed by atoms with E-state index in [2.05, 4.69) is 79.3 Å². The molecule has 40 heavy (non-hydrogen) atoms. The van der Waals surface area contributed by atoms with Crippen LogP contribution in [0.4, 0.5) is 0 Å². The molecule has 0 N–H and O–H groups in total. The molecule has 7 nitrogen and oxygen atoms in total. The van der Waals surface area contributed by atoms with Crippen LogP contribution in [0.25, 0.3) is 0 Å². The van der Waals surface area contributed by atoms with Crippen molar-refractivity contribution in [3.63, 3.8) is 0 Å². The Labute approximate surface area is 238 Å². The summed E-state index contributed by atoms with van der Waals surface area (Å²) >= 11 is 0. The molecule has 210 valence electrons. The Morgan fingerprint density at radius 3 is 1.93 bits per heavy atom. The van der Waals surface area contributed by atoms with Crippen molar-refractivity contribution >= 4 is 28.5 Å². The quantitative estimate of drug-likeness (QED) is 0.191. The van der Waals surface area contributed by atoms with Gasteiger partial charge in [0, 0.05) is 31.0 Å². The highest BCUT2D eigenvalue weighted by molar-refractivity contribution is 7.90. The van der Waals surface area contributed by atoms with Gasteiger partial charge in [0.15, 0.2) is 0 Å². The van der Waals surface area contributed by atoms with Crippen LogP contribution in [-0.2, 0) is 27.3 Å². The Balaban J connectivity index is 1.64. The maximum absolute atomic E-state index is 12.2. The second kappa shape index (κ2) is 12.3. The molecular formula is C31H36N2O5SSi. The molecule has 4 aromatic rings. The average molecular weight is 577 g/mol. The van der Waals surface area contributed by atoms with E-state index in [4.69, 9.17) is 13.9 Å². The van der Waals surface area contributed by atoms with Gasteiger partial charge >= 0.3 is 0 Å². The summed E-state index contributed by atoms with van der Waals surface area (Å²) in [6.07, 6.45) is 3.06. The van der Waals surface area contributed by atoms with Crippen LogP contribution in [0.5, 0.6) is 11.6 Å². The zero-order valence-electron chi connectivity index (χ0n) is 23.6. The van der Waals surface area contributed by atoms with Crippen molar-refractivity contribution in [3.8, 4) is 11.6 Å². The van der Waals surface area contributed by atoms with Gasteiger partial charge in [0.2, 0.25) is 20.9 Å². The molecule has 9 heteroatoms. The van der Waals surface area contributed by atoms with Gasteiger partial charge in [-0.2, -0.15) is 4.98 Å². The minimum absolute atomic E-state index is 0.167. The topological polar surface area (TPSA) is 87.6 Å². The van der Waals surface area contributed by atoms with Crippen LogP contribution < -0.4 is 19.8 Å². The first kappa shape index (κ1) is 29.4. The van der Waals surface area contributed by atoms with Gasteiger partial charge in [-0.15, -0.1) is 0 Å². The molecule has 1 aromatic heterocycles. The molecule has 0 bridgehead atoms. The molecule has 0 spiro atoms. The Kier molecular flexibility index (Phi) is 9.07. The van der Waals surface area contributed by atoms with Gasteiger partial charge in [-0.1, -0.05) is 93.6 Å². The van der Waals surface area contributed by atoms with E-state index < -0.39 is 18.2 Å². The number of aromatic nitrogens is 2. The summed E-state index contributed by atoms with van der Waals surface area (Å²) in [7, 11) is -4.73. The third-order valence-corrected chi connectivity index (χ3v) is 12.7. The number of rotatable bonds is 11. The van der Waals surface area contributed by atoms with Crippen molar-refractivity contribution < 1.29 is 22.3 Å². The van der Waals surface area contributed by atoms with Crippen LogP contribution in [0.15, 0.2) is 96.3 Å². The van der Waals surface area contributed by atoms with E-state index >= 15 is 0 Å². The van der Waals surface area contributed by atoms with E-state index in [1.807, 2.05) is 36.4 Å². The van der Waals surface area contributed by atoms with E-state index in [0.29, 0.717) is 18.6 Å². The van der Waals surface area contributed by atoms with Gasteiger partial charge in [0.05, 0.1) is 7.11 Å². The third-order valence-electron chi connectivity index (χ3n) is 6.78. The van der Waals surface area contributed by atoms with Crippen molar-refractivity contribution in [1.82, 2.24) is 9.97 Å². The van der Waals surface area contributed by atoms with Gasteiger partial charge < -0.3 is 13.9 Å². The van der Waals surface area contributed by atoms with Gasteiger partial charge in [-0.3, -0.25) is 0 Å². The first-order valence-electron chi connectivity index (χ1n) is 13.1. The van der Waals surface area contributed by atoms with Crippen molar-refractivity contribution in [3.05, 3.63) is 102 Å². The first-order valence-corrected chi connectivity index (χ1v) is 16.9. The second-order valence-electron chi connectivity index (χ2n) is 10.7. The van der Waals surface area contributed by atoms with Crippen LogP contribution in [0.3, 0.4) is 0 Å². The van der Waals surface area contributed by atoms with Gasteiger partial charge in [-0.25, -0.2) is 13.4 Å². The maximum atomic E-state index is 12.2. The molecular weight excluding hydrogens is 541 g/mol. The monoisotopic (exact) mass is 576 g/mol. The van der Waals surface area contributed by atoms with Crippen molar-refractivity contribution in [2.75, 3.05) is 20.0 Å². The highest BCUT2D eigenvalue weighted by atomic mass is 32.2. The molecule has 0 fully saturated rings. The molecule has 3 aromatic carbocycles. The van der Waals surface area contributed by atoms with Crippen LogP contribution in [0.1, 0.15) is 31.9 Å². The highest BCUT2D eigenvalue weighted by Gasteiger charge is 2.50. The second-order valence-corrected chi connectivity index (χ2v) is 16.9.